The van der Waals surface area contributed by atoms with Crippen LogP contribution in [0.15, 0.2) is 0 Å². The molecule has 0 radical (unpaired) electrons. The third kappa shape index (κ3) is 6.57. The topological polar surface area (TPSA) is 66.4 Å². The van der Waals surface area contributed by atoms with Gasteiger partial charge in [0.05, 0.1) is 5.75 Å². The fourth-order valence-electron chi connectivity index (χ4n) is 0.969. The molecule has 0 atom stereocenters. The molecule has 0 saturated carbocycles. The molecule has 0 heterocycles. The van der Waals surface area contributed by atoms with Gasteiger partial charge in [0.1, 0.15) is 0 Å². The maximum absolute atomic E-state index is 10.3. The minimum absolute atomic E-state index is 0.205. The zero-order valence-corrected chi connectivity index (χ0v) is 8.39. The molecule has 0 aliphatic rings. The van der Waals surface area contributed by atoms with E-state index < -0.39 is 10.1 Å². The molecule has 0 rings (SSSR count). The standard InChI is InChI=1S/C7H17NO3S/c1-3-7(4-2)8-5-6-12(9,10)11/h7-8H,3-6H2,1-2H3,(H,9,10,11). The quantitative estimate of drug-likeness (QED) is 0.611. The lowest BCUT2D eigenvalue weighted by atomic mass is 10.2. The number of rotatable bonds is 6. The van der Waals surface area contributed by atoms with Crippen LogP contribution in [0.5, 0.6) is 0 Å². The molecule has 0 aliphatic carbocycles. The van der Waals surface area contributed by atoms with Gasteiger partial charge >= 0.3 is 0 Å². The fraction of sp³-hybridized carbons (Fsp3) is 1.00. The Morgan fingerprint density at radius 3 is 2.17 bits per heavy atom. The van der Waals surface area contributed by atoms with Gasteiger partial charge in [0.2, 0.25) is 0 Å². The smallest absolute Gasteiger partial charge is 0.266 e. The molecular weight excluding hydrogens is 178 g/mol. The molecule has 0 amide bonds. The van der Waals surface area contributed by atoms with E-state index in [-0.39, 0.29) is 5.75 Å². The highest BCUT2D eigenvalue weighted by atomic mass is 32.2. The van der Waals surface area contributed by atoms with Gasteiger partial charge in [0.25, 0.3) is 10.1 Å². The van der Waals surface area contributed by atoms with Crippen LogP contribution < -0.4 is 5.32 Å². The monoisotopic (exact) mass is 195 g/mol. The Balaban J connectivity index is 3.55. The lowest BCUT2D eigenvalue weighted by Gasteiger charge is -2.13. The van der Waals surface area contributed by atoms with Crippen molar-refractivity contribution in [1.29, 1.82) is 0 Å². The van der Waals surface area contributed by atoms with Gasteiger partial charge in [-0.1, -0.05) is 13.8 Å². The highest BCUT2D eigenvalue weighted by Crippen LogP contribution is 1.95. The maximum Gasteiger partial charge on any atom is 0.266 e. The van der Waals surface area contributed by atoms with E-state index in [0.717, 1.165) is 12.8 Å². The Morgan fingerprint density at radius 2 is 1.83 bits per heavy atom. The van der Waals surface area contributed by atoms with Gasteiger partial charge in [-0.2, -0.15) is 8.42 Å². The minimum Gasteiger partial charge on any atom is -0.313 e. The Hall–Kier alpha value is -0.130. The number of hydrogen-bond acceptors (Lipinski definition) is 3. The van der Waals surface area contributed by atoms with Crippen molar-refractivity contribution in [3.05, 3.63) is 0 Å². The SMILES string of the molecule is CCC(CC)NCCS(=O)(=O)O. The van der Waals surface area contributed by atoms with Crippen LogP contribution in [-0.2, 0) is 10.1 Å². The van der Waals surface area contributed by atoms with Crippen molar-refractivity contribution in [3.8, 4) is 0 Å². The Kier molecular flexibility index (Phi) is 5.44. The Labute approximate surface area is 74.1 Å². The highest BCUT2D eigenvalue weighted by molar-refractivity contribution is 7.85. The van der Waals surface area contributed by atoms with Gasteiger partial charge < -0.3 is 5.32 Å². The summed E-state index contributed by atoms with van der Waals surface area (Å²) in [6.45, 7) is 4.40. The molecule has 0 bridgehead atoms. The van der Waals surface area contributed by atoms with E-state index in [4.69, 9.17) is 4.55 Å². The van der Waals surface area contributed by atoms with Gasteiger partial charge in [-0.25, -0.2) is 0 Å². The van der Waals surface area contributed by atoms with Gasteiger partial charge in [-0.05, 0) is 12.8 Å². The van der Waals surface area contributed by atoms with Crippen LogP contribution in [0.25, 0.3) is 0 Å². The summed E-state index contributed by atoms with van der Waals surface area (Å²) in [5.74, 6) is -0.205. The summed E-state index contributed by atoms with van der Waals surface area (Å²) in [7, 11) is -3.80. The van der Waals surface area contributed by atoms with Crippen molar-refractivity contribution < 1.29 is 13.0 Å². The van der Waals surface area contributed by atoms with E-state index in [2.05, 4.69) is 5.32 Å². The van der Waals surface area contributed by atoms with E-state index in [9.17, 15) is 8.42 Å². The van der Waals surface area contributed by atoms with Gasteiger partial charge in [-0.3, -0.25) is 4.55 Å². The van der Waals surface area contributed by atoms with Crippen LogP contribution in [-0.4, -0.2) is 31.3 Å². The molecule has 12 heavy (non-hydrogen) atoms. The Bertz CT molecular complexity index is 197. The van der Waals surface area contributed by atoms with Crippen molar-refractivity contribution in [2.75, 3.05) is 12.3 Å². The van der Waals surface area contributed by atoms with Crippen molar-refractivity contribution in [3.63, 3.8) is 0 Å². The minimum atomic E-state index is -3.80. The molecule has 0 saturated heterocycles. The van der Waals surface area contributed by atoms with Crippen molar-refractivity contribution in [2.45, 2.75) is 32.7 Å². The molecule has 0 aromatic rings. The molecule has 74 valence electrons. The van der Waals surface area contributed by atoms with Gasteiger partial charge in [0, 0.05) is 12.6 Å². The Morgan fingerprint density at radius 1 is 1.33 bits per heavy atom. The van der Waals surface area contributed by atoms with Crippen LogP contribution in [0, 0.1) is 0 Å². The molecule has 0 aromatic heterocycles. The molecule has 0 spiro atoms. The second-order valence-electron chi connectivity index (χ2n) is 2.75. The van der Waals surface area contributed by atoms with Gasteiger partial charge in [-0.15, -0.1) is 0 Å². The first-order chi connectivity index (χ1) is 5.49. The predicted octanol–water partition coefficient (Wildman–Crippen LogP) is 0.652. The van der Waals surface area contributed by atoms with Gasteiger partial charge in [0.15, 0.2) is 0 Å². The lowest BCUT2D eigenvalue weighted by Crippen LogP contribution is -2.32. The average Bonchev–Trinajstić information content (AvgIpc) is 1.96. The summed E-state index contributed by atoms with van der Waals surface area (Å²) in [6, 6.07) is 0.353. The molecule has 0 unspecified atom stereocenters. The second-order valence-corrected chi connectivity index (χ2v) is 4.33. The summed E-state index contributed by atoms with van der Waals surface area (Å²) in [5.41, 5.74) is 0. The van der Waals surface area contributed by atoms with Crippen LogP contribution in [0.1, 0.15) is 26.7 Å². The summed E-state index contributed by atoms with van der Waals surface area (Å²) >= 11 is 0. The zero-order valence-electron chi connectivity index (χ0n) is 7.58. The van der Waals surface area contributed by atoms with Crippen LogP contribution in [0.4, 0.5) is 0 Å². The first-order valence-electron chi connectivity index (χ1n) is 4.18. The maximum atomic E-state index is 10.3. The summed E-state index contributed by atoms with van der Waals surface area (Å²) < 4.78 is 29.0. The molecule has 2 N–H and O–H groups in total. The third-order valence-corrected chi connectivity index (χ3v) is 2.50. The molecule has 0 aromatic carbocycles. The third-order valence-electron chi connectivity index (χ3n) is 1.78. The van der Waals surface area contributed by atoms with E-state index >= 15 is 0 Å². The first-order valence-corrected chi connectivity index (χ1v) is 5.79. The summed E-state index contributed by atoms with van der Waals surface area (Å²) in [6.07, 6.45) is 1.95. The second kappa shape index (κ2) is 5.50. The van der Waals surface area contributed by atoms with Crippen LogP contribution in [0.3, 0.4) is 0 Å². The van der Waals surface area contributed by atoms with Crippen molar-refractivity contribution in [2.24, 2.45) is 0 Å². The summed E-state index contributed by atoms with van der Waals surface area (Å²) in [4.78, 5) is 0. The lowest BCUT2D eigenvalue weighted by molar-refractivity contribution is 0.466. The van der Waals surface area contributed by atoms with E-state index in [0.29, 0.717) is 12.6 Å². The van der Waals surface area contributed by atoms with E-state index in [1.54, 1.807) is 0 Å². The fourth-order valence-corrected chi connectivity index (χ4v) is 1.35. The molecule has 4 nitrogen and oxygen atoms in total. The predicted molar refractivity (Wildman–Crippen MR) is 48.8 cm³/mol. The zero-order chi connectivity index (χ0) is 9.61. The van der Waals surface area contributed by atoms with Crippen LogP contribution in [0.2, 0.25) is 0 Å². The normalized spacial score (nSPS) is 12.3. The molecular formula is C7H17NO3S. The highest BCUT2D eigenvalue weighted by Gasteiger charge is 2.06. The van der Waals surface area contributed by atoms with E-state index in [1.807, 2.05) is 13.8 Å². The van der Waals surface area contributed by atoms with Crippen molar-refractivity contribution in [1.82, 2.24) is 5.32 Å². The first kappa shape index (κ1) is 11.9. The molecule has 5 heteroatoms. The molecule has 0 aliphatic heterocycles. The summed E-state index contributed by atoms with van der Waals surface area (Å²) in [5, 5.41) is 3.04. The molecule has 0 fully saturated rings. The number of hydrogen-bond donors (Lipinski definition) is 2. The average molecular weight is 195 g/mol. The van der Waals surface area contributed by atoms with Crippen LogP contribution >= 0.6 is 0 Å². The van der Waals surface area contributed by atoms with Crippen molar-refractivity contribution >= 4 is 10.1 Å². The largest absolute Gasteiger partial charge is 0.313 e. The number of nitrogens with one attached hydrogen (secondary N) is 1. The van der Waals surface area contributed by atoms with E-state index in [1.165, 1.54) is 0 Å².